The second-order valence-electron chi connectivity index (χ2n) is 4.06. The molecule has 3 rings (SSSR count). The number of oxime groups is 1. The van der Waals surface area contributed by atoms with Gasteiger partial charge >= 0.3 is 0 Å². The molecule has 4 nitrogen and oxygen atoms in total. The van der Waals surface area contributed by atoms with E-state index in [-0.39, 0.29) is 0 Å². The molecule has 80 valence electrons. The molecule has 0 saturated carbocycles. The van der Waals surface area contributed by atoms with Gasteiger partial charge in [0.25, 0.3) is 0 Å². The van der Waals surface area contributed by atoms with E-state index >= 15 is 0 Å². The summed E-state index contributed by atoms with van der Waals surface area (Å²) in [5, 5.41) is 3.95. The largest absolute Gasteiger partial charge is 0.482 e. The van der Waals surface area contributed by atoms with Crippen LogP contribution in [0.3, 0.4) is 0 Å². The first-order valence-corrected chi connectivity index (χ1v) is 5.22. The second-order valence-corrected chi connectivity index (χ2v) is 4.06. The Morgan fingerprint density at radius 2 is 2.00 bits per heavy atom. The van der Waals surface area contributed by atoms with E-state index in [4.69, 9.17) is 9.57 Å². The fourth-order valence-corrected chi connectivity index (χ4v) is 2.59. The molecule has 14 heavy (non-hydrogen) atoms. The Hall–Kier alpha value is -0.770. The summed E-state index contributed by atoms with van der Waals surface area (Å²) >= 11 is 0. The van der Waals surface area contributed by atoms with Gasteiger partial charge < -0.3 is 14.5 Å². The van der Waals surface area contributed by atoms with Gasteiger partial charge in [-0.05, 0) is 31.8 Å². The topological polar surface area (TPSA) is 34.1 Å². The molecule has 0 aliphatic carbocycles. The molecule has 3 saturated heterocycles. The molecule has 0 aromatic heterocycles. The molecular weight excluding hydrogens is 180 g/mol. The van der Waals surface area contributed by atoms with Crippen LogP contribution in [0.4, 0.5) is 0 Å². The van der Waals surface area contributed by atoms with Crippen molar-refractivity contribution in [3.63, 3.8) is 0 Å². The van der Waals surface area contributed by atoms with Gasteiger partial charge in [0.15, 0.2) is 0 Å². The number of methoxy groups -OCH3 is 1. The molecule has 3 aliphatic heterocycles. The van der Waals surface area contributed by atoms with Crippen molar-refractivity contribution in [3.05, 3.63) is 0 Å². The first-order valence-electron chi connectivity index (χ1n) is 5.22. The zero-order chi connectivity index (χ0) is 9.97. The lowest BCUT2D eigenvalue weighted by molar-refractivity contribution is 0.0669. The third-order valence-electron chi connectivity index (χ3n) is 3.36. The molecule has 3 aliphatic rings. The van der Waals surface area contributed by atoms with Gasteiger partial charge in [0.1, 0.15) is 7.11 Å². The molecule has 1 unspecified atom stereocenters. The normalized spacial score (nSPS) is 37.0. The van der Waals surface area contributed by atoms with Crippen molar-refractivity contribution in [3.8, 4) is 0 Å². The summed E-state index contributed by atoms with van der Waals surface area (Å²) in [7, 11) is 3.25. The molecule has 0 radical (unpaired) electrons. The highest BCUT2D eigenvalue weighted by Crippen LogP contribution is 2.33. The van der Waals surface area contributed by atoms with E-state index in [2.05, 4.69) is 10.1 Å². The minimum atomic E-state index is 0.447. The van der Waals surface area contributed by atoms with Gasteiger partial charge in [0.2, 0.25) is 5.90 Å². The second kappa shape index (κ2) is 4.17. The monoisotopic (exact) mass is 198 g/mol. The van der Waals surface area contributed by atoms with Crippen LogP contribution in [0.15, 0.2) is 5.16 Å². The van der Waals surface area contributed by atoms with Gasteiger partial charge in [-0.1, -0.05) is 5.16 Å². The molecule has 1 atom stereocenters. The Balaban J connectivity index is 2.06. The maximum Gasteiger partial charge on any atom is 0.230 e. The van der Waals surface area contributed by atoms with Gasteiger partial charge in [-0.3, -0.25) is 0 Å². The van der Waals surface area contributed by atoms with Crippen LogP contribution in [-0.4, -0.2) is 44.7 Å². The summed E-state index contributed by atoms with van der Waals surface area (Å²) in [4.78, 5) is 7.28. The maximum atomic E-state index is 5.28. The summed E-state index contributed by atoms with van der Waals surface area (Å²) < 4.78 is 5.28. The Labute approximate surface area is 84.8 Å². The predicted octanol–water partition coefficient (Wildman–Crippen LogP) is 0.934. The molecular formula is C10H18N2O2. The summed E-state index contributed by atoms with van der Waals surface area (Å²) in [6.07, 6.45) is 2.55. The molecule has 0 aromatic carbocycles. The van der Waals surface area contributed by atoms with Gasteiger partial charge in [-0.2, -0.15) is 0 Å². The average Bonchev–Trinajstić information content (AvgIpc) is 2.27. The Bertz CT molecular complexity index is 222. The van der Waals surface area contributed by atoms with Crippen LogP contribution in [0.1, 0.15) is 12.8 Å². The molecule has 0 spiro atoms. The Kier molecular flexibility index (Phi) is 2.91. The summed E-state index contributed by atoms with van der Waals surface area (Å²) in [5.74, 6) is 1.96. The van der Waals surface area contributed by atoms with Crippen molar-refractivity contribution in [2.75, 3.05) is 33.9 Å². The van der Waals surface area contributed by atoms with Crippen LogP contribution in [0.25, 0.3) is 0 Å². The number of ether oxygens (including phenoxy) is 1. The van der Waals surface area contributed by atoms with E-state index in [9.17, 15) is 0 Å². The van der Waals surface area contributed by atoms with Crippen LogP contribution in [-0.2, 0) is 9.57 Å². The van der Waals surface area contributed by atoms with Gasteiger partial charge in [-0.25, -0.2) is 0 Å². The highest BCUT2D eigenvalue weighted by molar-refractivity contribution is 5.79. The van der Waals surface area contributed by atoms with Gasteiger partial charge in [0, 0.05) is 6.54 Å². The molecule has 3 heterocycles. The minimum absolute atomic E-state index is 0.447. The molecule has 2 bridgehead atoms. The number of hydrogen-bond acceptors (Lipinski definition) is 4. The summed E-state index contributed by atoms with van der Waals surface area (Å²) in [6.45, 7) is 3.57. The summed E-state index contributed by atoms with van der Waals surface area (Å²) in [6, 6.07) is 0. The van der Waals surface area contributed by atoms with E-state index in [0.717, 1.165) is 18.4 Å². The highest BCUT2D eigenvalue weighted by Gasteiger charge is 2.38. The SMILES string of the molecule is CO/N=C(\OC)C1CN2CCC1CC2. The van der Waals surface area contributed by atoms with Crippen LogP contribution < -0.4 is 0 Å². The highest BCUT2D eigenvalue weighted by atomic mass is 16.6. The third kappa shape index (κ3) is 1.71. The van der Waals surface area contributed by atoms with E-state index in [1.807, 2.05) is 0 Å². The van der Waals surface area contributed by atoms with E-state index in [1.54, 1.807) is 14.2 Å². The lowest BCUT2D eigenvalue weighted by Crippen LogP contribution is -2.50. The fraction of sp³-hybridized carbons (Fsp3) is 0.900. The van der Waals surface area contributed by atoms with Crippen LogP contribution in [0, 0.1) is 11.8 Å². The van der Waals surface area contributed by atoms with Crippen molar-refractivity contribution < 1.29 is 9.57 Å². The molecule has 0 N–H and O–H groups in total. The number of fused-ring (bicyclic) bond motifs is 3. The zero-order valence-electron chi connectivity index (χ0n) is 8.90. The maximum absolute atomic E-state index is 5.28. The van der Waals surface area contributed by atoms with Crippen LogP contribution in [0.2, 0.25) is 0 Å². The van der Waals surface area contributed by atoms with Gasteiger partial charge in [-0.15, -0.1) is 0 Å². The minimum Gasteiger partial charge on any atom is -0.482 e. The Morgan fingerprint density at radius 3 is 2.43 bits per heavy atom. The number of hydrogen-bond donors (Lipinski definition) is 0. The number of piperidine rings is 3. The summed E-state index contributed by atoms with van der Waals surface area (Å²) in [5.41, 5.74) is 0. The lowest BCUT2D eigenvalue weighted by Gasteiger charge is -2.44. The quantitative estimate of drug-likeness (QED) is 0.376. The molecule has 0 aromatic rings. The first kappa shape index (κ1) is 9.77. The van der Waals surface area contributed by atoms with E-state index in [1.165, 1.54) is 25.9 Å². The Morgan fingerprint density at radius 1 is 1.29 bits per heavy atom. The number of nitrogens with zero attached hydrogens (tertiary/aromatic N) is 2. The van der Waals surface area contributed by atoms with Crippen LogP contribution in [0.5, 0.6) is 0 Å². The van der Waals surface area contributed by atoms with Crippen molar-refractivity contribution in [1.29, 1.82) is 0 Å². The van der Waals surface area contributed by atoms with Crippen molar-refractivity contribution >= 4 is 5.90 Å². The zero-order valence-corrected chi connectivity index (χ0v) is 8.90. The van der Waals surface area contributed by atoms with Crippen molar-refractivity contribution in [1.82, 2.24) is 4.90 Å². The standard InChI is InChI=1S/C10H18N2O2/c1-13-10(11-14-2)9-7-12-5-3-8(9)4-6-12/h8-9H,3-7H2,1-2H3/b11-10-. The fourth-order valence-electron chi connectivity index (χ4n) is 2.59. The average molecular weight is 198 g/mol. The third-order valence-corrected chi connectivity index (χ3v) is 3.36. The van der Waals surface area contributed by atoms with E-state index < -0.39 is 0 Å². The smallest absolute Gasteiger partial charge is 0.230 e. The number of rotatable bonds is 2. The molecule has 0 amide bonds. The van der Waals surface area contributed by atoms with Gasteiger partial charge in [0.05, 0.1) is 13.0 Å². The first-order chi connectivity index (χ1) is 6.85. The predicted molar refractivity (Wildman–Crippen MR) is 54.1 cm³/mol. The molecule has 3 fully saturated rings. The van der Waals surface area contributed by atoms with E-state index in [0.29, 0.717) is 5.92 Å². The van der Waals surface area contributed by atoms with Crippen molar-refractivity contribution in [2.24, 2.45) is 17.0 Å². The lowest BCUT2D eigenvalue weighted by atomic mass is 9.79. The van der Waals surface area contributed by atoms with Crippen molar-refractivity contribution in [2.45, 2.75) is 12.8 Å². The molecule has 4 heteroatoms. The van der Waals surface area contributed by atoms with Crippen LogP contribution >= 0.6 is 0 Å².